The molecule has 0 heterocycles. The summed E-state index contributed by atoms with van der Waals surface area (Å²) in [5.74, 6) is -0.832. The van der Waals surface area contributed by atoms with Crippen molar-refractivity contribution in [1.82, 2.24) is 0 Å². The van der Waals surface area contributed by atoms with E-state index < -0.39 is 16.8 Å². The Morgan fingerprint density at radius 3 is 0.647 bits per heavy atom. The molecule has 0 rings (SSSR count). The minimum Gasteiger partial charge on any atom is -0.481 e. The molecule has 0 aliphatic heterocycles. The third-order valence-corrected chi connectivity index (χ3v) is 16.3. The second kappa shape index (κ2) is 52.3. The van der Waals surface area contributed by atoms with E-state index in [0.29, 0.717) is 32.3 Å². The molecular formula is C64H126O4. The van der Waals surface area contributed by atoms with Crippen molar-refractivity contribution in [3.05, 3.63) is 0 Å². The van der Waals surface area contributed by atoms with E-state index >= 15 is 4.79 Å². The minimum atomic E-state index is -1.07. The van der Waals surface area contributed by atoms with Gasteiger partial charge in [0.05, 0.1) is 17.4 Å². The predicted octanol–water partition coefficient (Wildman–Crippen LogP) is 22.8. The average molecular weight is 960 g/mol. The van der Waals surface area contributed by atoms with Crippen molar-refractivity contribution in [2.24, 2.45) is 10.8 Å². The lowest BCUT2D eigenvalue weighted by atomic mass is 9.54. The molecule has 4 heteroatoms. The second-order valence-corrected chi connectivity index (χ2v) is 22.5. The van der Waals surface area contributed by atoms with E-state index in [1.54, 1.807) is 0 Å². The van der Waals surface area contributed by atoms with E-state index in [-0.39, 0.29) is 5.97 Å². The van der Waals surface area contributed by atoms with Crippen molar-refractivity contribution in [2.75, 3.05) is 6.61 Å². The lowest BCUT2D eigenvalue weighted by molar-refractivity contribution is -0.183. The highest BCUT2D eigenvalue weighted by Crippen LogP contribution is 2.55. The summed E-state index contributed by atoms with van der Waals surface area (Å²) in [6.45, 7) is 11.9. The molecule has 0 spiro atoms. The van der Waals surface area contributed by atoms with Gasteiger partial charge in [0.15, 0.2) is 0 Å². The fourth-order valence-electron chi connectivity index (χ4n) is 11.6. The second-order valence-electron chi connectivity index (χ2n) is 22.5. The van der Waals surface area contributed by atoms with E-state index in [1.165, 1.54) is 257 Å². The maximum Gasteiger partial charge on any atom is 0.313 e. The van der Waals surface area contributed by atoms with Crippen molar-refractivity contribution < 1.29 is 19.4 Å². The maximum atomic E-state index is 15.3. The van der Waals surface area contributed by atoms with Gasteiger partial charge in [-0.25, -0.2) is 0 Å². The number of carboxylic acids is 1. The van der Waals surface area contributed by atoms with Gasteiger partial charge in [-0.3, -0.25) is 9.59 Å². The van der Waals surface area contributed by atoms with Crippen molar-refractivity contribution in [3.8, 4) is 0 Å². The molecule has 0 aromatic rings. The molecule has 0 radical (unpaired) electrons. The van der Waals surface area contributed by atoms with E-state index in [1.807, 2.05) is 0 Å². The molecule has 4 nitrogen and oxygen atoms in total. The number of aliphatic carboxylic acids is 1. The molecule has 0 unspecified atom stereocenters. The van der Waals surface area contributed by atoms with Gasteiger partial charge in [0.25, 0.3) is 0 Å². The predicted molar refractivity (Wildman–Crippen MR) is 301 cm³/mol. The zero-order valence-corrected chi connectivity index (χ0v) is 47.6. The van der Waals surface area contributed by atoms with Crippen LogP contribution < -0.4 is 0 Å². The number of carbonyl (C=O) groups excluding carboxylic acids is 1. The Hall–Kier alpha value is -1.06. The number of esters is 1. The highest BCUT2D eigenvalue weighted by molar-refractivity contribution is 5.87. The summed E-state index contributed by atoms with van der Waals surface area (Å²) in [6.07, 6.45) is 64.6. The first kappa shape index (κ1) is 66.9. The molecule has 0 amide bonds. The number of ether oxygens (including phenoxy) is 1. The Morgan fingerprint density at radius 2 is 0.441 bits per heavy atom. The van der Waals surface area contributed by atoms with Crippen molar-refractivity contribution in [1.29, 1.82) is 0 Å². The molecule has 406 valence electrons. The molecule has 0 aliphatic carbocycles. The van der Waals surface area contributed by atoms with Crippen LogP contribution in [0.3, 0.4) is 0 Å². The van der Waals surface area contributed by atoms with Crippen LogP contribution in [0.25, 0.3) is 0 Å². The molecule has 0 aliphatic rings. The maximum absolute atomic E-state index is 15.3. The van der Waals surface area contributed by atoms with Crippen LogP contribution >= 0.6 is 0 Å². The zero-order valence-electron chi connectivity index (χ0n) is 47.6. The Kier molecular flexibility index (Phi) is 51.5. The number of carboxylic acid groups (broad SMARTS) is 1. The molecule has 0 fully saturated rings. The minimum absolute atomic E-state index is 0.137. The molecule has 68 heavy (non-hydrogen) atoms. The summed E-state index contributed by atoms with van der Waals surface area (Å²) in [7, 11) is 0. The summed E-state index contributed by atoms with van der Waals surface area (Å²) in [6, 6.07) is 0. The number of rotatable bonds is 58. The first-order valence-electron chi connectivity index (χ1n) is 31.8. The van der Waals surface area contributed by atoms with E-state index in [2.05, 4.69) is 34.6 Å². The topological polar surface area (TPSA) is 63.6 Å². The number of hydrogen-bond acceptors (Lipinski definition) is 3. The molecule has 0 saturated carbocycles. The number of unbranched alkanes of at least 4 members (excludes halogenated alkanes) is 45. The Balaban J connectivity index is 6.45. The molecular weight excluding hydrogens is 833 g/mol. The largest absolute Gasteiger partial charge is 0.481 e. The van der Waals surface area contributed by atoms with Crippen LogP contribution in [-0.2, 0) is 14.3 Å². The third kappa shape index (κ3) is 36.8. The quantitative estimate of drug-likeness (QED) is 0.0487. The van der Waals surface area contributed by atoms with Gasteiger partial charge in [-0.2, -0.15) is 0 Å². The number of carbonyl (C=O) groups is 2. The third-order valence-electron chi connectivity index (χ3n) is 16.3. The fraction of sp³-hybridized carbons (Fsp3) is 0.969. The molecule has 1 N–H and O–H groups in total. The molecule has 0 aromatic carbocycles. The first-order valence-corrected chi connectivity index (χ1v) is 31.8. The lowest BCUT2D eigenvalue weighted by Gasteiger charge is -2.47. The van der Waals surface area contributed by atoms with Crippen molar-refractivity contribution in [3.63, 3.8) is 0 Å². The van der Waals surface area contributed by atoms with Gasteiger partial charge in [-0.05, 0) is 32.1 Å². The zero-order chi connectivity index (χ0) is 49.8. The van der Waals surface area contributed by atoms with Gasteiger partial charge in [-0.15, -0.1) is 0 Å². The van der Waals surface area contributed by atoms with Crippen LogP contribution in [0.5, 0.6) is 0 Å². The van der Waals surface area contributed by atoms with Crippen LogP contribution in [0.15, 0.2) is 0 Å². The fourth-order valence-corrected chi connectivity index (χ4v) is 11.6. The summed E-state index contributed by atoms with van der Waals surface area (Å²) in [4.78, 5) is 29.8. The lowest BCUT2D eigenvalue weighted by Crippen LogP contribution is -2.53. The Morgan fingerprint density at radius 1 is 0.265 bits per heavy atom. The van der Waals surface area contributed by atoms with Gasteiger partial charge in [-0.1, -0.05) is 349 Å². The van der Waals surface area contributed by atoms with Crippen LogP contribution in [0.1, 0.15) is 381 Å². The highest BCUT2D eigenvalue weighted by Gasteiger charge is 2.60. The van der Waals surface area contributed by atoms with Crippen molar-refractivity contribution in [2.45, 2.75) is 381 Å². The van der Waals surface area contributed by atoms with Crippen LogP contribution in [0.2, 0.25) is 0 Å². The van der Waals surface area contributed by atoms with Crippen LogP contribution in [0, 0.1) is 10.8 Å². The van der Waals surface area contributed by atoms with E-state index in [4.69, 9.17) is 4.74 Å². The molecule has 0 saturated heterocycles. The SMILES string of the molecule is CCCCCCCCCCCCOC(=O)C(CCCCCCCCCCCC)(CCCCCCCCCCCC)C(CCCCCCCCCCCC)(CCCCCCCCCCCC)C(=O)O. The van der Waals surface area contributed by atoms with Gasteiger partial charge in [0.2, 0.25) is 0 Å². The van der Waals surface area contributed by atoms with Gasteiger partial charge in [0.1, 0.15) is 0 Å². The van der Waals surface area contributed by atoms with Crippen LogP contribution in [0.4, 0.5) is 0 Å². The van der Waals surface area contributed by atoms with Crippen LogP contribution in [-0.4, -0.2) is 23.7 Å². The number of hydrogen-bond donors (Lipinski definition) is 1. The van der Waals surface area contributed by atoms with Gasteiger partial charge < -0.3 is 9.84 Å². The smallest absolute Gasteiger partial charge is 0.313 e. The summed E-state index contributed by atoms with van der Waals surface area (Å²) in [5, 5.41) is 11.9. The van der Waals surface area contributed by atoms with Gasteiger partial charge >= 0.3 is 11.9 Å². The Labute approximate surface area is 428 Å². The monoisotopic (exact) mass is 959 g/mol. The summed E-state index contributed by atoms with van der Waals surface area (Å²) >= 11 is 0. The normalized spacial score (nSPS) is 12.1. The van der Waals surface area contributed by atoms with Crippen molar-refractivity contribution >= 4 is 11.9 Å². The summed E-state index contributed by atoms with van der Waals surface area (Å²) < 4.78 is 6.52. The molecule has 0 aromatic heterocycles. The molecule has 0 atom stereocenters. The molecule has 0 bridgehead atoms. The summed E-state index contributed by atoms with van der Waals surface area (Å²) in [5.41, 5.74) is -2.03. The average Bonchev–Trinajstić information content (AvgIpc) is 3.34. The van der Waals surface area contributed by atoms with E-state index in [9.17, 15) is 9.90 Å². The standard InChI is InChI=1S/C64H126O4/c1-6-11-16-21-26-31-36-41-46-51-56-63(61(65)66,57-52-47-42-37-32-27-22-17-12-7-2)64(58-53-48-43-38-33-28-23-18-13-8-3,59-54-49-44-39-34-29-24-19-14-9-4)62(67)68-60-55-50-45-40-35-30-25-20-15-10-5/h6-60H2,1-5H3,(H,65,66). The first-order chi connectivity index (χ1) is 33.4. The van der Waals surface area contributed by atoms with Gasteiger partial charge in [0, 0.05) is 0 Å². The Bertz CT molecular complexity index is 973. The highest BCUT2D eigenvalue weighted by atomic mass is 16.5. The van der Waals surface area contributed by atoms with E-state index in [0.717, 1.165) is 64.2 Å².